The predicted molar refractivity (Wildman–Crippen MR) is 116 cm³/mol. The van der Waals surface area contributed by atoms with Crippen molar-refractivity contribution in [2.75, 3.05) is 0 Å². The van der Waals surface area contributed by atoms with E-state index < -0.39 is 0 Å². The van der Waals surface area contributed by atoms with Crippen LogP contribution in [0.15, 0.2) is 89.3 Å². The summed E-state index contributed by atoms with van der Waals surface area (Å²) in [6, 6.07) is 29.1. The van der Waals surface area contributed by atoms with E-state index in [1.807, 2.05) is 30.3 Å². The molecule has 0 atom stereocenters. The number of fused-ring (bicyclic) bond motifs is 7. The van der Waals surface area contributed by atoms with Crippen LogP contribution in [0.3, 0.4) is 0 Å². The van der Waals surface area contributed by atoms with Crippen molar-refractivity contribution in [1.29, 1.82) is 5.41 Å². The quantitative estimate of drug-likeness (QED) is 0.344. The van der Waals surface area contributed by atoms with Crippen LogP contribution in [0.4, 0.5) is 0 Å². The molecular formula is C25H16N2O. The molecule has 3 heteroatoms. The summed E-state index contributed by atoms with van der Waals surface area (Å²) in [6.07, 6.45) is 1.37. The van der Waals surface area contributed by atoms with E-state index in [1.165, 1.54) is 17.0 Å². The number of hydrogen-bond donors (Lipinski definition) is 1. The summed E-state index contributed by atoms with van der Waals surface area (Å²) < 4.78 is 8.61. The Morgan fingerprint density at radius 3 is 2.21 bits per heavy atom. The van der Waals surface area contributed by atoms with Crippen molar-refractivity contribution in [3.8, 4) is 5.69 Å². The Labute approximate surface area is 160 Å². The van der Waals surface area contributed by atoms with Crippen LogP contribution < -0.4 is 0 Å². The lowest BCUT2D eigenvalue weighted by Crippen LogP contribution is -1.94. The molecule has 0 bridgehead atoms. The van der Waals surface area contributed by atoms with Crippen LogP contribution in [0.2, 0.25) is 0 Å². The summed E-state index contributed by atoms with van der Waals surface area (Å²) in [7, 11) is 0. The maximum absolute atomic E-state index is 7.47. The molecule has 2 aromatic heterocycles. The van der Waals surface area contributed by atoms with Gasteiger partial charge in [0.05, 0.1) is 11.0 Å². The Balaban J connectivity index is 1.84. The lowest BCUT2D eigenvalue weighted by Gasteiger charge is -2.08. The van der Waals surface area contributed by atoms with Gasteiger partial charge in [0.25, 0.3) is 0 Å². The SMILES string of the molecule is N=Cc1ccc(-n2c3ccccc3c3ccc4c5ccccc5oc4c32)cc1. The van der Waals surface area contributed by atoms with E-state index in [1.54, 1.807) is 0 Å². The molecule has 2 heterocycles. The van der Waals surface area contributed by atoms with Crippen molar-refractivity contribution >= 4 is 50.0 Å². The predicted octanol–water partition coefficient (Wildman–Crippen LogP) is 6.68. The molecule has 28 heavy (non-hydrogen) atoms. The van der Waals surface area contributed by atoms with Crippen LogP contribution in [-0.4, -0.2) is 10.8 Å². The molecule has 1 N–H and O–H groups in total. The smallest absolute Gasteiger partial charge is 0.160 e. The second-order valence-electron chi connectivity index (χ2n) is 7.03. The normalized spacial score (nSPS) is 11.7. The van der Waals surface area contributed by atoms with Crippen LogP contribution in [0.25, 0.3) is 49.4 Å². The standard InChI is InChI=1S/C25H16N2O/c26-15-16-9-11-17(12-10-16)27-22-7-3-1-5-18(22)20-13-14-21-19-6-2-4-8-23(19)28-25(21)24(20)27/h1-15,26H. The molecule has 132 valence electrons. The van der Waals surface area contributed by atoms with Gasteiger partial charge in [-0.05, 0) is 35.9 Å². The number of aromatic nitrogens is 1. The highest BCUT2D eigenvalue weighted by molar-refractivity contribution is 6.21. The number of benzene rings is 4. The molecular weight excluding hydrogens is 344 g/mol. The van der Waals surface area contributed by atoms with Crippen molar-refractivity contribution in [3.63, 3.8) is 0 Å². The fourth-order valence-corrected chi connectivity index (χ4v) is 4.22. The van der Waals surface area contributed by atoms with Gasteiger partial charge in [-0.2, -0.15) is 0 Å². The average molecular weight is 360 g/mol. The summed E-state index contributed by atoms with van der Waals surface area (Å²) in [4.78, 5) is 0. The van der Waals surface area contributed by atoms with Gasteiger partial charge in [0.15, 0.2) is 5.58 Å². The maximum Gasteiger partial charge on any atom is 0.160 e. The highest BCUT2D eigenvalue weighted by Gasteiger charge is 2.18. The van der Waals surface area contributed by atoms with Gasteiger partial charge in [-0.1, -0.05) is 54.6 Å². The van der Waals surface area contributed by atoms with Gasteiger partial charge in [-0.3, -0.25) is 0 Å². The molecule has 0 unspecified atom stereocenters. The average Bonchev–Trinajstić information content (AvgIpc) is 3.30. The van der Waals surface area contributed by atoms with Crippen LogP contribution in [0.1, 0.15) is 5.56 Å². The minimum absolute atomic E-state index is 0.887. The van der Waals surface area contributed by atoms with Gasteiger partial charge in [0.2, 0.25) is 0 Å². The summed E-state index contributed by atoms with van der Waals surface area (Å²) in [5.41, 5.74) is 5.99. The fraction of sp³-hybridized carbons (Fsp3) is 0. The van der Waals surface area contributed by atoms with Crippen molar-refractivity contribution in [2.24, 2.45) is 0 Å². The summed E-state index contributed by atoms with van der Waals surface area (Å²) in [5.74, 6) is 0. The molecule has 6 aromatic rings. The zero-order chi connectivity index (χ0) is 18.7. The Morgan fingerprint density at radius 2 is 1.39 bits per heavy atom. The molecule has 4 aromatic carbocycles. The number of furan rings is 1. The molecule has 3 nitrogen and oxygen atoms in total. The Kier molecular flexibility index (Phi) is 3.03. The van der Waals surface area contributed by atoms with Crippen molar-refractivity contribution in [2.45, 2.75) is 0 Å². The molecule has 0 fully saturated rings. The van der Waals surface area contributed by atoms with Crippen LogP contribution in [-0.2, 0) is 0 Å². The number of para-hydroxylation sites is 2. The zero-order valence-corrected chi connectivity index (χ0v) is 15.0. The number of nitrogens with zero attached hydrogens (tertiary/aromatic N) is 1. The third kappa shape index (κ3) is 1.96. The van der Waals surface area contributed by atoms with E-state index in [2.05, 4.69) is 59.2 Å². The Bertz CT molecular complexity index is 1520. The third-order valence-corrected chi connectivity index (χ3v) is 5.50. The van der Waals surface area contributed by atoms with Crippen LogP contribution in [0, 0.1) is 5.41 Å². The highest BCUT2D eigenvalue weighted by atomic mass is 16.3. The largest absolute Gasteiger partial charge is 0.454 e. The van der Waals surface area contributed by atoms with Crippen LogP contribution >= 0.6 is 0 Å². The van der Waals surface area contributed by atoms with Gasteiger partial charge in [0, 0.05) is 33.4 Å². The molecule has 0 aliphatic rings. The minimum Gasteiger partial charge on any atom is -0.454 e. The Morgan fingerprint density at radius 1 is 0.679 bits per heavy atom. The van der Waals surface area contributed by atoms with Crippen molar-refractivity contribution in [1.82, 2.24) is 4.57 Å². The molecule has 0 saturated carbocycles. The summed E-state index contributed by atoms with van der Waals surface area (Å²) in [5, 5.41) is 12.1. The number of hydrogen-bond acceptors (Lipinski definition) is 2. The van der Waals surface area contributed by atoms with Crippen molar-refractivity contribution in [3.05, 3.63) is 90.5 Å². The van der Waals surface area contributed by atoms with E-state index in [0.29, 0.717) is 0 Å². The zero-order valence-electron chi connectivity index (χ0n) is 15.0. The number of rotatable bonds is 2. The minimum atomic E-state index is 0.887. The van der Waals surface area contributed by atoms with Gasteiger partial charge < -0.3 is 14.4 Å². The summed E-state index contributed by atoms with van der Waals surface area (Å²) in [6.45, 7) is 0. The molecule has 0 spiro atoms. The Hall–Kier alpha value is -3.85. The lowest BCUT2D eigenvalue weighted by molar-refractivity contribution is 0.671. The summed E-state index contributed by atoms with van der Waals surface area (Å²) >= 11 is 0. The van der Waals surface area contributed by atoms with E-state index in [-0.39, 0.29) is 0 Å². The molecule has 0 saturated heterocycles. The van der Waals surface area contributed by atoms with Gasteiger partial charge in [-0.15, -0.1) is 0 Å². The monoisotopic (exact) mass is 360 g/mol. The third-order valence-electron chi connectivity index (χ3n) is 5.50. The topological polar surface area (TPSA) is 41.9 Å². The van der Waals surface area contributed by atoms with E-state index in [0.717, 1.165) is 44.2 Å². The highest BCUT2D eigenvalue weighted by Crippen LogP contribution is 2.39. The number of nitrogens with one attached hydrogen (secondary N) is 1. The molecule has 0 amide bonds. The first-order valence-electron chi connectivity index (χ1n) is 9.29. The first-order valence-corrected chi connectivity index (χ1v) is 9.29. The first kappa shape index (κ1) is 15.2. The first-order chi connectivity index (χ1) is 13.8. The van der Waals surface area contributed by atoms with E-state index >= 15 is 0 Å². The lowest BCUT2D eigenvalue weighted by atomic mass is 10.1. The second-order valence-corrected chi connectivity index (χ2v) is 7.03. The maximum atomic E-state index is 7.47. The molecule has 0 aliphatic heterocycles. The van der Waals surface area contributed by atoms with Gasteiger partial charge >= 0.3 is 0 Å². The fourth-order valence-electron chi connectivity index (χ4n) is 4.22. The second kappa shape index (κ2) is 5.57. The molecule has 0 radical (unpaired) electrons. The van der Waals surface area contributed by atoms with Gasteiger partial charge in [0.1, 0.15) is 5.58 Å². The van der Waals surface area contributed by atoms with Crippen molar-refractivity contribution < 1.29 is 4.42 Å². The van der Waals surface area contributed by atoms with E-state index in [4.69, 9.17) is 9.83 Å². The van der Waals surface area contributed by atoms with Gasteiger partial charge in [-0.25, -0.2) is 0 Å². The molecule has 0 aliphatic carbocycles. The van der Waals surface area contributed by atoms with E-state index in [9.17, 15) is 0 Å². The molecule has 6 rings (SSSR count). The van der Waals surface area contributed by atoms with Crippen LogP contribution in [0.5, 0.6) is 0 Å².